The molecular formula is C15H21NO4. The van der Waals surface area contributed by atoms with E-state index in [1.807, 2.05) is 31.2 Å². The van der Waals surface area contributed by atoms with Gasteiger partial charge in [-0.05, 0) is 19.1 Å². The van der Waals surface area contributed by atoms with Crippen molar-refractivity contribution in [1.82, 2.24) is 4.90 Å². The predicted molar refractivity (Wildman–Crippen MR) is 77.4 cm³/mol. The third-order valence-electron chi connectivity index (χ3n) is 2.56. The molecule has 0 fully saturated rings. The number of benzene rings is 1. The quantitative estimate of drug-likeness (QED) is 0.664. The molecule has 0 aliphatic carbocycles. The molecule has 1 aromatic carbocycles. The Labute approximate surface area is 119 Å². The van der Waals surface area contributed by atoms with Gasteiger partial charge in [0.1, 0.15) is 6.61 Å². The molecule has 5 heteroatoms. The van der Waals surface area contributed by atoms with Crippen molar-refractivity contribution in [3.63, 3.8) is 0 Å². The molecule has 0 heterocycles. The van der Waals surface area contributed by atoms with Gasteiger partial charge in [-0.15, -0.1) is 6.58 Å². The zero-order valence-electron chi connectivity index (χ0n) is 11.7. The minimum atomic E-state index is -0.860. The molecule has 1 rings (SSSR count). The lowest BCUT2D eigenvalue weighted by Crippen LogP contribution is -2.33. The van der Waals surface area contributed by atoms with Gasteiger partial charge in [0.25, 0.3) is 0 Å². The molecule has 0 saturated carbocycles. The molecular weight excluding hydrogens is 258 g/mol. The van der Waals surface area contributed by atoms with Crippen molar-refractivity contribution in [3.05, 3.63) is 36.9 Å². The highest BCUT2D eigenvalue weighted by atomic mass is 16.5. The zero-order valence-corrected chi connectivity index (χ0v) is 11.7. The lowest BCUT2D eigenvalue weighted by atomic mass is 10.3. The number of carbonyl (C=O) groups is 1. The Morgan fingerprint density at radius 2 is 2.00 bits per heavy atom. The summed E-state index contributed by atoms with van der Waals surface area (Å²) in [7, 11) is 0. The molecule has 0 bridgehead atoms. The maximum absolute atomic E-state index is 10.7. The molecule has 0 unspecified atom stereocenters. The first kappa shape index (κ1) is 16.0. The number of para-hydroxylation sites is 2. The molecule has 1 N–H and O–H groups in total. The summed E-state index contributed by atoms with van der Waals surface area (Å²) in [6.45, 7) is 7.50. The van der Waals surface area contributed by atoms with Crippen molar-refractivity contribution < 1.29 is 19.4 Å². The molecule has 0 amide bonds. The number of carboxylic acid groups (broad SMARTS) is 1. The summed E-state index contributed by atoms with van der Waals surface area (Å²) in [6.07, 6.45) is 1.68. The molecule has 0 saturated heterocycles. The van der Waals surface area contributed by atoms with Crippen LogP contribution in [-0.2, 0) is 4.79 Å². The molecule has 0 aliphatic rings. The van der Waals surface area contributed by atoms with E-state index in [0.29, 0.717) is 37.8 Å². The highest BCUT2D eigenvalue weighted by molar-refractivity contribution is 5.69. The topological polar surface area (TPSA) is 59.0 Å². The standard InChI is InChI=1S/C15H21NO4/c1-3-9-16(12-15(17)18)10-11-20-14-8-6-5-7-13(14)19-4-2/h3,5-8H,1,4,9-12H2,2H3,(H,17,18). The lowest BCUT2D eigenvalue weighted by molar-refractivity contribution is -0.138. The Balaban J connectivity index is 2.49. The maximum Gasteiger partial charge on any atom is 0.317 e. The van der Waals surface area contributed by atoms with E-state index in [1.165, 1.54) is 0 Å². The molecule has 1 aromatic rings. The fraction of sp³-hybridized carbons (Fsp3) is 0.400. The van der Waals surface area contributed by atoms with E-state index in [2.05, 4.69) is 6.58 Å². The predicted octanol–water partition coefficient (Wildman–Crippen LogP) is 2.04. The first-order valence-electron chi connectivity index (χ1n) is 6.57. The second-order valence-electron chi connectivity index (χ2n) is 4.15. The van der Waals surface area contributed by atoms with Crippen LogP contribution in [0.3, 0.4) is 0 Å². The highest BCUT2D eigenvalue weighted by Crippen LogP contribution is 2.26. The summed E-state index contributed by atoms with van der Waals surface area (Å²) in [6, 6.07) is 7.43. The summed E-state index contributed by atoms with van der Waals surface area (Å²) < 4.78 is 11.1. The van der Waals surface area contributed by atoms with E-state index in [9.17, 15) is 4.79 Å². The first-order valence-corrected chi connectivity index (χ1v) is 6.57. The SMILES string of the molecule is C=CCN(CCOc1ccccc1OCC)CC(=O)O. The van der Waals surface area contributed by atoms with Gasteiger partial charge in [-0.3, -0.25) is 9.69 Å². The number of aliphatic carboxylic acids is 1. The molecule has 0 atom stereocenters. The molecule has 20 heavy (non-hydrogen) atoms. The average molecular weight is 279 g/mol. The minimum Gasteiger partial charge on any atom is -0.490 e. The Kier molecular flexibility index (Phi) is 7.21. The van der Waals surface area contributed by atoms with Crippen LogP contribution in [0.5, 0.6) is 11.5 Å². The number of nitrogens with zero attached hydrogens (tertiary/aromatic N) is 1. The summed E-state index contributed by atoms with van der Waals surface area (Å²) in [5.74, 6) is 0.508. The van der Waals surface area contributed by atoms with Crippen molar-refractivity contribution >= 4 is 5.97 Å². The third-order valence-corrected chi connectivity index (χ3v) is 2.56. The average Bonchev–Trinajstić information content (AvgIpc) is 2.40. The fourth-order valence-corrected chi connectivity index (χ4v) is 1.74. The Bertz CT molecular complexity index is 434. The van der Waals surface area contributed by atoms with Gasteiger partial charge in [0.15, 0.2) is 11.5 Å². The summed E-state index contributed by atoms with van der Waals surface area (Å²) in [5, 5.41) is 8.80. The molecule has 0 spiro atoms. The van der Waals surface area contributed by atoms with Crippen LogP contribution in [0.2, 0.25) is 0 Å². The van der Waals surface area contributed by atoms with Crippen molar-refractivity contribution in [2.45, 2.75) is 6.92 Å². The first-order chi connectivity index (χ1) is 9.67. The van der Waals surface area contributed by atoms with Crippen LogP contribution in [0.1, 0.15) is 6.92 Å². The monoisotopic (exact) mass is 279 g/mol. The van der Waals surface area contributed by atoms with Gasteiger partial charge in [0, 0.05) is 13.1 Å². The smallest absolute Gasteiger partial charge is 0.317 e. The van der Waals surface area contributed by atoms with Crippen LogP contribution < -0.4 is 9.47 Å². The normalized spacial score (nSPS) is 10.3. The van der Waals surface area contributed by atoms with Crippen LogP contribution in [0, 0.1) is 0 Å². The summed E-state index contributed by atoms with van der Waals surface area (Å²) >= 11 is 0. The second kappa shape index (κ2) is 8.98. The van der Waals surface area contributed by atoms with E-state index >= 15 is 0 Å². The Hall–Kier alpha value is -2.01. The molecule has 0 aromatic heterocycles. The number of carboxylic acids is 1. The van der Waals surface area contributed by atoms with Crippen LogP contribution in [-0.4, -0.2) is 48.8 Å². The van der Waals surface area contributed by atoms with Crippen LogP contribution in [0.4, 0.5) is 0 Å². The number of hydrogen-bond acceptors (Lipinski definition) is 4. The van der Waals surface area contributed by atoms with Gasteiger partial charge in [-0.1, -0.05) is 18.2 Å². The van der Waals surface area contributed by atoms with Gasteiger partial charge in [0.2, 0.25) is 0 Å². The number of hydrogen-bond donors (Lipinski definition) is 1. The maximum atomic E-state index is 10.7. The zero-order chi connectivity index (χ0) is 14.8. The van der Waals surface area contributed by atoms with Gasteiger partial charge in [0.05, 0.1) is 13.2 Å². The molecule has 0 radical (unpaired) electrons. The van der Waals surface area contributed by atoms with E-state index in [1.54, 1.807) is 11.0 Å². The van der Waals surface area contributed by atoms with Crippen LogP contribution >= 0.6 is 0 Å². The van der Waals surface area contributed by atoms with Gasteiger partial charge < -0.3 is 14.6 Å². The number of ether oxygens (including phenoxy) is 2. The molecule has 110 valence electrons. The van der Waals surface area contributed by atoms with Gasteiger partial charge in [-0.2, -0.15) is 0 Å². The largest absolute Gasteiger partial charge is 0.490 e. The minimum absolute atomic E-state index is 0.0253. The summed E-state index contributed by atoms with van der Waals surface area (Å²) in [4.78, 5) is 12.5. The Morgan fingerprint density at radius 1 is 1.35 bits per heavy atom. The van der Waals surface area contributed by atoms with Crippen molar-refractivity contribution in [2.75, 3.05) is 32.8 Å². The Morgan fingerprint density at radius 3 is 2.55 bits per heavy atom. The lowest BCUT2D eigenvalue weighted by Gasteiger charge is -2.19. The second-order valence-corrected chi connectivity index (χ2v) is 4.15. The number of rotatable bonds is 10. The highest BCUT2D eigenvalue weighted by Gasteiger charge is 2.09. The van der Waals surface area contributed by atoms with Gasteiger partial charge >= 0.3 is 5.97 Å². The summed E-state index contributed by atoms with van der Waals surface area (Å²) in [5.41, 5.74) is 0. The van der Waals surface area contributed by atoms with Crippen molar-refractivity contribution in [2.24, 2.45) is 0 Å². The van der Waals surface area contributed by atoms with Crippen molar-refractivity contribution in [1.29, 1.82) is 0 Å². The third kappa shape index (κ3) is 5.75. The van der Waals surface area contributed by atoms with E-state index in [-0.39, 0.29) is 6.54 Å². The van der Waals surface area contributed by atoms with Crippen LogP contribution in [0.15, 0.2) is 36.9 Å². The van der Waals surface area contributed by atoms with Gasteiger partial charge in [-0.25, -0.2) is 0 Å². The molecule has 5 nitrogen and oxygen atoms in total. The van der Waals surface area contributed by atoms with E-state index in [4.69, 9.17) is 14.6 Å². The van der Waals surface area contributed by atoms with Crippen LogP contribution in [0.25, 0.3) is 0 Å². The molecule has 0 aliphatic heterocycles. The fourth-order valence-electron chi connectivity index (χ4n) is 1.74. The van der Waals surface area contributed by atoms with Crippen molar-refractivity contribution in [3.8, 4) is 11.5 Å². The van der Waals surface area contributed by atoms with E-state index in [0.717, 1.165) is 0 Å². The van der Waals surface area contributed by atoms with E-state index < -0.39 is 5.97 Å².